The quantitative estimate of drug-likeness (QED) is 0.411. The average molecular weight is 136 g/mol. The molecular formula is C10H16. The predicted octanol–water partition coefficient (Wildman–Crippen LogP) is 3.33. The lowest BCUT2D eigenvalue weighted by Crippen LogP contribution is -1.83. The van der Waals surface area contributed by atoms with Gasteiger partial charge in [0.1, 0.15) is 0 Å². The van der Waals surface area contributed by atoms with Crippen molar-refractivity contribution in [1.82, 2.24) is 0 Å². The van der Waals surface area contributed by atoms with E-state index in [2.05, 4.69) is 26.2 Å². The van der Waals surface area contributed by atoms with Gasteiger partial charge < -0.3 is 0 Å². The Hall–Kier alpha value is -0.780. The third-order valence-electron chi connectivity index (χ3n) is 1.31. The van der Waals surface area contributed by atoms with Crippen LogP contribution in [0.5, 0.6) is 0 Å². The molecule has 10 heavy (non-hydrogen) atoms. The summed E-state index contributed by atoms with van der Waals surface area (Å²) >= 11 is 0. The first kappa shape index (κ1) is 9.22. The zero-order chi connectivity index (χ0) is 7.98. The molecule has 0 unspecified atom stereocenters. The molecule has 0 amide bonds. The number of hydrogen-bond acceptors (Lipinski definition) is 0. The number of rotatable bonds is 4. The lowest BCUT2D eigenvalue weighted by atomic mass is 10.1. The van der Waals surface area contributed by atoms with Crippen molar-refractivity contribution < 1.29 is 0 Å². The third-order valence-corrected chi connectivity index (χ3v) is 1.31. The molecule has 56 valence electrons. The van der Waals surface area contributed by atoms with E-state index in [4.69, 9.17) is 0 Å². The van der Waals surface area contributed by atoms with Crippen LogP contribution in [0.25, 0.3) is 0 Å². The highest BCUT2D eigenvalue weighted by Crippen LogP contribution is 2.03. The van der Waals surface area contributed by atoms with Crippen LogP contribution in [0.2, 0.25) is 0 Å². The molecule has 0 rings (SSSR count). The SMILES string of the molecule is C=C[C@@H](C)C/C=C\C(=C)C. The molecule has 0 aliphatic rings. The second kappa shape index (κ2) is 5.04. The minimum absolute atomic E-state index is 0.579. The van der Waals surface area contributed by atoms with E-state index in [1.54, 1.807) is 0 Å². The molecule has 0 aliphatic heterocycles. The average Bonchev–Trinajstić information content (AvgIpc) is 1.87. The Bertz CT molecular complexity index is 140. The summed E-state index contributed by atoms with van der Waals surface area (Å²) in [5.41, 5.74) is 1.11. The van der Waals surface area contributed by atoms with E-state index in [1.807, 2.05) is 19.1 Å². The highest BCUT2D eigenvalue weighted by atomic mass is 13.9. The molecule has 0 aromatic carbocycles. The van der Waals surface area contributed by atoms with E-state index in [0.717, 1.165) is 12.0 Å². The highest BCUT2D eigenvalue weighted by Gasteiger charge is 1.88. The van der Waals surface area contributed by atoms with Gasteiger partial charge in [0.15, 0.2) is 0 Å². The molecule has 0 aromatic heterocycles. The monoisotopic (exact) mass is 136 g/mol. The van der Waals surface area contributed by atoms with E-state index >= 15 is 0 Å². The van der Waals surface area contributed by atoms with Gasteiger partial charge in [0, 0.05) is 0 Å². The molecule has 0 N–H and O–H groups in total. The van der Waals surface area contributed by atoms with Gasteiger partial charge in [-0.05, 0) is 19.3 Å². The standard InChI is InChI=1S/C10H16/c1-5-10(4)8-6-7-9(2)3/h5-7,10H,1-2,8H2,3-4H3/b7-6-/t10-/m1/s1. The first-order valence-corrected chi connectivity index (χ1v) is 3.61. The Morgan fingerprint density at radius 3 is 2.60 bits per heavy atom. The van der Waals surface area contributed by atoms with Crippen LogP contribution in [0.15, 0.2) is 37.0 Å². The Morgan fingerprint density at radius 1 is 1.60 bits per heavy atom. The van der Waals surface area contributed by atoms with Crippen LogP contribution >= 0.6 is 0 Å². The fourth-order valence-electron chi connectivity index (χ4n) is 0.580. The van der Waals surface area contributed by atoms with Gasteiger partial charge in [0.2, 0.25) is 0 Å². The van der Waals surface area contributed by atoms with Gasteiger partial charge in [-0.1, -0.05) is 37.3 Å². The van der Waals surface area contributed by atoms with Crippen LogP contribution < -0.4 is 0 Å². The van der Waals surface area contributed by atoms with Crippen molar-refractivity contribution in [3.63, 3.8) is 0 Å². The summed E-state index contributed by atoms with van der Waals surface area (Å²) in [5, 5.41) is 0. The lowest BCUT2D eigenvalue weighted by Gasteiger charge is -1.97. The predicted molar refractivity (Wildman–Crippen MR) is 47.9 cm³/mol. The zero-order valence-corrected chi connectivity index (χ0v) is 6.93. The Morgan fingerprint density at radius 2 is 2.20 bits per heavy atom. The molecule has 0 radical (unpaired) electrons. The van der Waals surface area contributed by atoms with Crippen LogP contribution in [0.3, 0.4) is 0 Å². The Kier molecular flexibility index (Phi) is 4.65. The molecule has 0 aromatic rings. The first-order chi connectivity index (χ1) is 4.66. The first-order valence-electron chi connectivity index (χ1n) is 3.61. The van der Waals surface area contributed by atoms with Gasteiger partial charge >= 0.3 is 0 Å². The van der Waals surface area contributed by atoms with E-state index < -0.39 is 0 Å². The molecule has 0 bridgehead atoms. The molecule has 0 heteroatoms. The van der Waals surface area contributed by atoms with Crippen molar-refractivity contribution in [1.29, 1.82) is 0 Å². The lowest BCUT2D eigenvalue weighted by molar-refractivity contribution is 0.746. The van der Waals surface area contributed by atoms with Gasteiger partial charge in [0.05, 0.1) is 0 Å². The minimum atomic E-state index is 0.579. The van der Waals surface area contributed by atoms with Crippen LogP contribution in [-0.4, -0.2) is 0 Å². The topological polar surface area (TPSA) is 0 Å². The van der Waals surface area contributed by atoms with Crippen molar-refractivity contribution in [3.05, 3.63) is 37.0 Å². The number of allylic oxidation sites excluding steroid dienone is 4. The maximum Gasteiger partial charge on any atom is -0.0230 e. The summed E-state index contributed by atoms with van der Waals surface area (Å²) in [6, 6.07) is 0. The van der Waals surface area contributed by atoms with E-state index in [0.29, 0.717) is 5.92 Å². The summed E-state index contributed by atoms with van der Waals surface area (Å²) in [6.07, 6.45) is 7.20. The van der Waals surface area contributed by atoms with Gasteiger partial charge in [0.25, 0.3) is 0 Å². The summed E-state index contributed by atoms with van der Waals surface area (Å²) in [7, 11) is 0. The van der Waals surface area contributed by atoms with E-state index in [-0.39, 0.29) is 0 Å². The van der Waals surface area contributed by atoms with Crippen LogP contribution in [0, 0.1) is 5.92 Å². The molecular weight excluding hydrogens is 120 g/mol. The summed E-state index contributed by atoms with van der Waals surface area (Å²) < 4.78 is 0. The fourth-order valence-corrected chi connectivity index (χ4v) is 0.580. The summed E-state index contributed by atoms with van der Waals surface area (Å²) in [4.78, 5) is 0. The molecule has 0 spiro atoms. The maximum absolute atomic E-state index is 3.77. The van der Waals surface area contributed by atoms with Crippen LogP contribution in [0.4, 0.5) is 0 Å². The Labute approximate surface area is 64.0 Å². The van der Waals surface area contributed by atoms with Crippen LogP contribution in [0.1, 0.15) is 20.3 Å². The van der Waals surface area contributed by atoms with Crippen molar-refractivity contribution in [2.24, 2.45) is 5.92 Å². The normalized spacial score (nSPS) is 13.4. The molecule has 0 aliphatic carbocycles. The van der Waals surface area contributed by atoms with Crippen LogP contribution in [-0.2, 0) is 0 Å². The second-order valence-electron chi connectivity index (χ2n) is 2.70. The molecule has 1 atom stereocenters. The van der Waals surface area contributed by atoms with Crippen molar-refractivity contribution in [2.45, 2.75) is 20.3 Å². The molecule has 0 fully saturated rings. The summed E-state index contributed by atoms with van der Waals surface area (Å²) in [6.45, 7) is 11.6. The van der Waals surface area contributed by atoms with E-state index in [1.165, 1.54) is 0 Å². The molecule has 0 saturated heterocycles. The minimum Gasteiger partial charge on any atom is -0.103 e. The molecule has 0 heterocycles. The fraction of sp³-hybridized carbons (Fsp3) is 0.400. The largest absolute Gasteiger partial charge is 0.103 e. The Balaban J connectivity index is 3.52. The van der Waals surface area contributed by atoms with Crippen molar-refractivity contribution in [2.75, 3.05) is 0 Å². The van der Waals surface area contributed by atoms with Crippen molar-refractivity contribution >= 4 is 0 Å². The zero-order valence-electron chi connectivity index (χ0n) is 6.93. The molecule has 0 nitrogen and oxygen atoms in total. The smallest absolute Gasteiger partial charge is 0.0230 e. The second-order valence-corrected chi connectivity index (χ2v) is 2.70. The van der Waals surface area contributed by atoms with Gasteiger partial charge in [-0.15, -0.1) is 6.58 Å². The van der Waals surface area contributed by atoms with Gasteiger partial charge in [-0.3, -0.25) is 0 Å². The van der Waals surface area contributed by atoms with E-state index in [9.17, 15) is 0 Å². The van der Waals surface area contributed by atoms with Crippen molar-refractivity contribution in [3.8, 4) is 0 Å². The molecule has 0 saturated carbocycles. The number of hydrogen-bond donors (Lipinski definition) is 0. The third kappa shape index (κ3) is 5.36. The van der Waals surface area contributed by atoms with Gasteiger partial charge in [-0.2, -0.15) is 0 Å². The highest BCUT2D eigenvalue weighted by molar-refractivity contribution is 5.11. The summed E-state index contributed by atoms with van der Waals surface area (Å²) in [5.74, 6) is 0.579. The van der Waals surface area contributed by atoms with Gasteiger partial charge in [-0.25, -0.2) is 0 Å². The maximum atomic E-state index is 3.77.